The molecule has 0 radical (unpaired) electrons. The van der Waals surface area contributed by atoms with Crippen LogP contribution in [0, 0.1) is 0 Å². The largest absolute Gasteiger partial charge is 0.255 e. The van der Waals surface area contributed by atoms with Gasteiger partial charge in [0.25, 0.3) is 0 Å². The van der Waals surface area contributed by atoms with Gasteiger partial charge in [0.15, 0.2) is 0 Å². The first kappa shape index (κ1) is 8.24. The molecule has 0 aliphatic carbocycles. The van der Waals surface area contributed by atoms with Gasteiger partial charge in [0.05, 0.1) is 5.69 Å². The highest BCUT2D eigenvalue weighted by Gasteiger charge is 1.96. The van der Waals surface area contributed by atoms with Crippen LogP contribution in [-0.2, 0) is 13.5 Å². The first-order valence-electron chi connectivity index (χ1n) is 4.18. The highest BCUT2D eigenvalue weighted by molar-refractivity contribution is 4.91. The second kappa shape index (κ2) is 4.11. The molecule has 0 unspecified atom stereocenters. The minimum atomic E-state index is 1.07. The van der Waals surface area contributed by atoms with Crippen LogP contribution in [0.4, 0.5) is 0 Å². The highest BCUT2D eigenvalue weighted by atomic mass is 15.4. The molecule has 0 bridgehead atoms. The Kier molecular flexibility index (Phi) is 3.08. The molecule has 1 aromatic rings. The van der Waals surface area contributed by atoms with E-state index in [1.807, 2.05) is 13.2 Å². The van der Waals surface area contributed by atoms with E-state index < -0.39 is 0 Å². The predicted molar refractivity (Wildman–Crippen MR) is 44.2 cm³/mol. The fraction of sp³-hybridized carbons (Fsp3) is 0.750. The summed E-state index contributed by atoms with van der Waals surface area (Å²) in [5.41, 5.74) is 1.11. The second-order valence-corrected chi connectivity index (χ2v) is 2.84. The van der Waals surface area contributed by atoms with E-state index in [1.54, 1.807) is 4.68 Å². The van der Waals surface area contributed by atoms with Crippen LogP contribution in [-0.4, -0.2) is 15.0 Å². The third-order valence-electron chi connectivity index (χ3n) is 1.69. The van der Waals surface area contributed by atoms with Crippen molar-refractivity contribution in [1.29, 1.82) is 0 Å². The van der Waals surface area contributed by atoms with E-state index in [-0.39, 0.29) is 0 Å². The van der Waals surface area contributed by atoms with E-state index >= 15 is 0 Å². The molecule has 0 N–H and O–H groups in total. The van der Waals surface area contributed by atoms with E-state index in [2.05, 4.69) is 17.2 Å². The van der Waals surface area contributed by atoms with Gasteiger partial charge in [-0.3, -0.25) is 4.68 Å². The first-order valence-corrected chi connectivity index (χ1v) is 4.18. The van der Waals surface area contributed by atoms with Crippen molar-refractivity contribution in [2.24, 2.45) is 7.05 Å². The summed E-state index contributed by atoms with van der Waals surface area (Å²) in [6.45, 7) is 2.21. The van der Waals surface area contributed by atoms with Crippen LogP contribution >= 0.6 is 0 Å². The van der Waals surface area contributed by atoms with Gasteiger partial charge >= 0.3 is 0 Å². The number of rotatable bonds is 4. The Morgan fingerprint density at radius 1 is 1.45 bits per heavy atom. The van der Waals surface area contributed by atoms with Gasteiger partial charge in [0.1, 0.15) is 0 Å². The summed E-state index contributed by atoms with van der Waals surface area (Å²) in [4.78, 5) is 0. The molecule has 1 rings (SSSR count). The molecule has 0 spiro atoms. The van der Waals surface area contributed by atoms with Crippen LogP contribution in [0.15, 0.2) is 6.20 Å². The Morgan fingerprint density at radius 3 is 2.82 bits per heavy atom. The third kappa shape index (κ3) is 2.70. The molecule has 3 heteroatoms. The summed E-state index contributed by atoms with van der Waals surface area (Å²) >= 11 is 0. The van der Waals surface area contributed by atoms with Crippen molar-refractivity contribution in [2.45, 2.75) is 32.6 Å². The highest BCUT2D eigenvalue weighted by Crippen LogP contribution is 2.01. The fourth-order valence-electron chi connectivity index (χ4n) is 1.07. The van der Waals surface area contributed by atoms with Crippen molar-refractivity contribution in [3.63, 3.8) is 0 Å². The number of hydrogen-bond acceptors (Lipinski definition) is 2. The van der Waals surface area contributed by atoms with Gasteiger partial charge in [-0.15, -0.1) is 5.10 Å². The zero-order valence-electron chi connectivity index (χ0n) is 7.25. The molecular weight excluding hydrogens is 138 g/mol. The summed E-state index contributed by atoms with van der Waals surface area (Å²) in [7, 11) is 1.90. The molecule has 0 fully saturated rings. The normalized spacial score (nSPS) is 10.4. The second-order valence-electron chi connectivity index (χ2n) is 2.84. The Balaban J connectivity index is 2.27. The zero-order valence-corrected chi connectivity index (χ0v) is 7.25. The number of aromatic nitrogens is 3. The average molecular weight is 153 g/mol. The van der Waals surface area contributed by atoms with Gasteiger partial charge in [-0.25, -0.2) is 0 Å². The monoisotopic (exact) mass is 153 g/mol. The van der Waals surface area contributed by atoms with Crippen molar-refractivity contribution in [3.8, 4) is 0 Å². The summed E-state index contributed by atoms with van der Waals surface area (Å²) in [6, 6.07) is 0. The lowest BCUT2D eigenvalue weighted by atomic mass is 10.2. The summed E-state index contributed by atoms with van der Waals surface area (Å²) in [5, 5.41) is 7.86. The molecule has 0 aliphatic rings. The van der Waals surface area contributed by atoms with E-state index in [9.17, 15) is 0 Å². The first-order chi connectivity index (χ1) is 5.33. The summed E-state index contributed by atoms with van der Waals surface area (Å²) < 4.78 is 1.75. The van der Waals surface area contributed by atoms with Crippen molar-refractivity contribution in [1.82, 2.24) is 15.0 Å². The number of unbranched alkanes of at least 4 members (excludes halogenated alkanes) is 2. The summed E-state index contributed by atoms with van der Waals surface area (Å²) in [5.74, 6) is 0. The lowest BCUT2D eigenvalue weighted by molar-refractivity contribution is 0.697. The van der Waals surface area contributed by atoms with Gasteiger partial charge in [-0.1, -0.05) is 25.0 Å². The molecule has 0 saturated carbocycles. The van der Waals surface area contributed by atoms with Gasteiger partial charge in [-0.2, -0.15) is 0 Å². The molecule has 1 heterocycles. The lowest BCUT2D eigenvalue weighted by Gasteiger charge is -1.92. The Labute approximate surface area is 67.4 Å². The Bertz CT molecular complexity index is 205. The Morgan fingerprint density at radius 2 is 2.27 bits per heavy atom. The Hall–Kier alpha value is -0.860. The molecular formula is C8H15N3. The number of nitrogens with zero attached hydrogens (tertiary/aromatic N) is 3. The van der Waals surface area contributed by atoms with E-state index in [0.717, 1.165) is 12.1 Å². The molecule has 11 heavy (non-hydrogen) atoms. The molecule has 0 aliphatic heterocycles. The maximum absolute atomic E-state index is 4.00. The maximum atomic E-state index is 4.00. The van der Waals surface area contributed by atoms with Crippen LogP contribution < -0.4 is 0 Å². The van der Waals surface area contributed by atoms with Gasteiger partial charge < -0.3 is 0 Å². The quantitative estimate of drug-likeness (QED) is 0.614. The minimum absolute atomic E-state index is 1.07. The lowest BCUT2D eigenvalue weighted by Crippen LogP contribution is -1.85. The van der Waals surface area contributed by atoms with E-state index in [1.165, 1.54) is 19.3 Å². The van der Waals surface area contributed by atoms with Crippen molar-refractivity contribution < 1.29 is 0 Å². The van der Waals surface area contributed by atoms with Gasteiger partial charge in [0.2, 0.25) is 0 Å². The SMILES string of the molecule is CCCCCc1cn(C)nn1. The fourth-order valence-corrected chi connectivity index (χ4v) is 1.07. The summed E-state index contributed by atoms with van der Waals surface area (Å²) in [6.07, 6.45) is 6.84. The molecule has 62 valence electrons. The third-order valence-corrected chi connectivity index (χ3v) is 1.69. The number of aryl methyl sites for hydroxylation is 2. The average Bonchev–Trinajstić information content (AvgIpc) is 2.37. The minimum Gasteiger partial charge on any atom is -0.255 e. The standard InChI is InChI=1S/C8H15N3/c1-3-4-5-6-8-7-11(2)10-9-8/h7H,3-6H2,1-2H3. The van der Waals surface area contributed by atoms with Crippen molar-refractivity contribution in [3.05, 3.63) is 11.9 Å². The number of hydrogen-bond donors (Lipinski definition) is 0. The smallest absolute Gasteiger partial charge is 0.0827 e. The molecule has 0 aromatic carbocycles. The van der Waals surface area contributed by atoms with E-state index in [4.69, 9.17) is 0 Å². The predicted octanol–water partition coefficient (Wildman–Crippen LogP) is 1.55. The maximum Gasteiger partial charge on any atom is 0.0827 e. The van der Waals surface area contributed by atoms with Crippen LogP contribution in [0.2, 0.25) is 0 Å². The molecule has 0 saturated heterocycles. The van der Waals surface area contributed by atoms with Crippen LogP contribution in [0.3, 0.4) is 0 Å². The van der Waals surface area contributed by atoms with Crippen LogP contribution in [0.1, 0.15) is 31.9 Å². The van der Waals surface area contributed by atoms with E-state index in [0.29, 0.717) is 0 Å². The molecule has 1 aromatic heterocycles. The van der Waals surface area contributed by atoms with Crippen LogP contribution in [0.5, 0.6) is 0 Å². The topological polar surface area (TPSA) is 30.7 Å². The van der Waals surface area contributed by atoms with Gasteiger partial charge in [-0.05, 0) is 12.8 Å². The zero-order chi connectivity index (χ0) is 8.10. The van der Waals surface area contributed by atoms with Crippen LogP contribution in [0.25, 0.3) is 0 Å². The molecule has 3 nitrogen and oxygen atoms in total. The molecule has 0 atom stereocenters. The van der Waals surface area contributed by atoms with Gasteiger partial charge in [0, 0.05) is 13.2 Å². The van der Waals surface area contributed by atoms with Crippen molar-refractivity contribution in [2.75, 3.05) is 0 Å². The molecule has 0 amide bonds. The van der Waals surface area contributed by atoms with Crippen molar-refractivity contribution >= 4 is 0 Å².